The highest BCUT2D eigenvalue weighted by atomic mass is 79.9. The van der Waals surface area contributed by atoms with Gasteiger partial charge >= 0.3 is 0 Å². The number of methoxy groups -OCH3 is 1. The lowest BCUT2D eigenvalue weighted by Gasteiger charge is -2.23. The molecule has 1 aromatic rings. The van der Waals surface area contributed by atoms with Gasteiger partial charge in [-0.05, 0) is 36.2 Å². The van der Waals surface area contributed by atoms with Gasteiger partial charge in [-0.2, -0.15) is 0 Å². The first-order valence-electron chi connectivity index (χ1n) is 5.79. The fourth-order valence-electron chi connectivity index (χ4n) is 1.27. The van der Waals surface area contributed by atoms with Crippen molar-refractivity contribution in [3.05, 3.63) is 16.5 Å². The average molecular weight is 302 g/mol. The number of nitrogens with zero attached hydrogens (tertiary/aromatic N) is 2. The second-order valence-electron chi connectivity index (χ2n) is 4.56. The van der Waals surface area contributed by atoms with Gasteiger partial charge in [0.1, 0.15) is 16.2 Å². The summed E-state index contributed by atoms with van der Waals surface area (Å²) in [5.74, 6) is 1.69. The molecule has 5 heteroatoms. The first kappa shape index (κ1) is 14.4. The van der Waals surface area contributed by atoms with E-state index in [2.05, 4.69) is 38.1 Å². The number of ether oxygens (including phenoxy) is 1. The maximum Gasteiger partial charge on any atom is 0.132 e. The topological polar surface area (TPSA) is 47.0 Å². The predicted octanol–water partition coefficient (Wildman–Crippen LogP) is 3.03. The van der Waals surface area contributed by atoms with Crippen LogP contribution in [0.1, 0.15) is 33.0 Å². The molecule has 0 fully saturated rings. The zero-order valence-electron chi connectivity index (χ0n) is 10.9. The number of aryl methyl sites for hydroxylation is 1. The van der Waals surface area contributed by atoms with Crippen molar-refractivity contribution in [2.45, 2.75) is 39.2 Å². The Labute approximate surface area is 111 Å². The first-order chi connectivity index (χ1) is 7.96. The molecule has 0 saturated heterocycles. The number of hydrogen-bond acceptors (Lipinski definition) is 4. The van der Waals surface area contributed by atoms with Crippen molar-refractivity contribution in [2.75, 3.05) is 19.0 Å². The van der Waals surface area contributed by atoms with E-state index in [-0.39, 0.29) is 5.60 Å². The molecule has 0 atom stereocenters. The molecule has 0 saturated carbocycles. The maximum atomic E-state index is 5.35. The molecular weight excluding hydrogens is 282 g/mol. The lowest BCUT2D eigenvalue weighted by atomic mass is 10.1. The van der Waals surface area contributed by atoms with Gasteiger partial charge in [0.05, 0.1) is 5.60 Å². The van der Waals surface area contributed by atoms with Gasteiger partial charge in [0.2, 0.25) is 0 Å². The third kappa shape index (κ3) is 5.00. The van der Waals surface area contributed by atoms with E-state index in [1.165, 1.54) is 0 Å². The molecule has 1 heterocycles. The zero-order valence-corrected chi connectivity index (χ0v) is 12.5. The molecule has 0 aliphatic rings. The molecule has 4 nitrogen and oxygen atoms in total. The van der Waals surface area contributed by atoms with E-state index < -0.39 is 0 Å². The number of hydrogen-bond donors (Lipinski definition) is 1. The molecule has 0 bridgehead atoms. The van der Waals surface area contributed by atoms with E-state index in [1.54, 1.807) is 7.11 Å². The van der Waals surface area contributed by atoms with Crippen molar-refractivity contribution >= 4 is 21.7 Å². The van der Waals surface area contributed by atoms with Crippen molar-refractivity contribution in [1.82, 2.24) is 9.97 Å². The van der Waals surface area contributed by atoms with E-state index in [4.69, 9.17) is 4.74 Å². The summed E-state index contributed by atoms with van der Waals surface area (Å²) in [6.07, 6.45) is 1.93. The smallest absolute Gasteiger partial charge is 0.132 e. The third-order valence-electron chi connectivity index (χ3n) is 2.46. The predicted molar refractivity (Wildman–Crippen MR) is 73.3 cm³/mol. The number of halogens is 1. The van der Waals surface area contributed by atoms with Gasteiger partial charge in [0.25, 0.3) is 0 Å². The Morgan fingerprint density at radius 1 is 1.41 bits per heavy atom. The summed E-state index contributed by atoms with van der Waals surface area (Å²) in [6.45, 7) is 6.89. The Morgan fingerprint density at radius 2 is 2.12 bits per heavy atom. The summed E-state index contributed by atoms with van der Waals surface area (Å²) < 4.78 is 6.16. The SMILES string of the molecule is CCCc1nc(Br)cc(NCC(C)(C)OC)n1. The molecule has 1 aromatic heterocycles. The molecular formula is C12H20BrN3O. The second-order valence-corrected chi connectivity index (χ2v) is 5.37. The van der Waals surface area contributed by atoms with Crippen LogP contribution in [0, 0.1) is 0 Å². The quantitative estimate of drug-likeness (QED) is 0.821. The van der Waals surface area contributed by atoms with Gasteiger partial charge in [0.15, 0.2) is 0 Å². The summed E-state index contributed by atoms with van der Waals surface area (Å²) in [5.41, 5.74) is -0.206. The standard InChI is InChI=1S/C12H20BrN3O/c1-5-6-10-15-9(13)7-11(16-10)14-8-12(2,3)17-4/h7H,5-6,8H2,1-4H3,(H,14,15,16). The largest absolute Gasteiger partial charge is 0.377 e. The van der Waals surface area contributed by atoms with E-state index in [1.807, 2.05) is 19.9 Å². The van der Waals surface area contributed by atoms with Gasteiger partial charge in [-0.25, -0.2) is 9.97 Å². The van der Waals surface area contributed by atoms with Crippen molar-refractivity contribution < 1.29 is 4.74 Å². The van der Waals surface area contributed by atoms with Crippen LogP contribution >= 0.6 is 15.9 Å². The number of rotatable bonds is 6. The highest BCUT2D eigenvalue weighted by Crippen LogP contribution is 2.15. The summed E-state index contributed by atoms with van der Waals surface area (Å²) in [7, 11) is 1.71. The Kier molecular flexibility index (Phi) is 5.33. The molecule has 0 aliphatic carbocycles. The molecule has 17 heavy (non-hydrogen) atoms. The van der Waals surface area contributed by atoms with Gasteiger partial charge in [0, 0.05) is 26.1 Å². The fraction of sp³-hybridized carbons (Fsp3) is 0.667. The van der Waals surface area contributed by atoms with E-state index in [0.29, 0.717) is 6.54 Å². The van der Waals surface area contributed by atoms with E-state index in [0.717, 1.165) is 29.1 Å². The summed E-state index contributed by atoms with van der Waals surface area (Å²) in [5, 5.41) is 3.27. The van der Waals surface area contributed by atoms with Gasteiger partial charge < -0.3 is 10.1 Å². The van der Waals surface area contributed by atoms with Crippen LogP contribution in [0.25, 0.3) is 0 Å². The monoisotopic (exact) mass is 301 g/mol. The molecule has 0 amide bonds. The minimum atomic E-state index is -0.206. The van der Waals surface area contributed by atoms with Crippen LogP contribution in [0.5, 0.6) is 0 Å². The molecule has 1 N–H and O–H groups in total. The molecule has 0 spiro atoms. The Balaban J connectivity index is 2.70. The zero-order chi connectivity index (χ0) is 12.9. The third-order valence-corrected chi connectivity index (χ3v) is 2.87. The molecule has 1 rings (SSSR count). The Morgan fingerprint density at radius 3 is 2.71 bits per heavy atom. The summed E-state index contributed by atoms with van der Waals surface area (Å²) >= 11 is 3.40. The van der Waals surface area contributed by atoms with Crippen LogP contribution in [0.2, 0.25) is 0 Å². The normalized spacial score (nSPS) is 11.6. The van der Waals surface area contributed by atoms with Crippen LogP contribution in [0.3, 0.4) is 0 Å². The van der Waals surface area contributed by atoms with Crippen LogP contribution < -0.4 is 5.32 Å². The molecule has 0 aromatic carbocycles. The van der Waals surface area contributed by atoms with Gasteiger partial charge in [-0.3, -0.25) is 0 Å². The molecule has 0 radical (unpaired) electrons. The van der Waals surface area contributed by atoms with Crippen LogP contribution in [-0.2, 0) is 11.2 Å². The summed E-state index contributed by atoms with van der Waals surface area (Å²) in [4.78, 5) is 8.78. The van der Waals surface area contributed by atoms with Crippen molar-refractivity contribution in [2.24, 2.45) is 0 Å². The summed E-state index contributed by atoms with van der Waals surface area (Å²) in [6, 6.07) is 1.88. The number of anilines is 1. The first-order valence-corrected chi connectivity index (χ1v) is 6.58. The van der Waals surface area contributed by atoms with E-state index in [9.17, 15) is 0 Å². The maximum absolute atomic E-state index is 5.35. The van der Waals surface area contributed by atoms with Gasteiger partial charge in [-0.15, -0.1) is 0 Å². The molecule has 0 aliphatic heterocycles. The van der Waals surface area contributed by atoms with Crippen LogP contribution in [-0.4, -0.2) is 29.2 Å². The lowest BCUT2D eigenvalue weighted by molar-refractivity contribution is 0.0343. The Bertz CT molecular complexity index is 369. The van der Waals surface area contributed by atoms with Crippen LogP contribution in [0.4, 0.5) is 5.82 Å². The molecule has 96 valence electrons. The molecule has 0 unspecified atom stereocenters. The van der Waals surface area contributed by atoms with E-state index >= 15 is 0 Å². The van der Waals surface area contributed by atoms with Crippen molar-refractivity contribution in [3.8, 4) is 0 Å². The minimum Gasteiger partial charge on any atom is -0.377 e. The van der Waals surface area contributed by atoms with Crippen molar-refractivity contribution in [3.63, 3.8) is 0 Å². The average Bonchev–Trinajstić information content (AvgIpc) is 2.26. The highest BCUT2D eigenvalue weighted by molar-refractivity contribution is 9.10. The van der Waals surface area contributed by atoms with Crippen molar-refractivity contribution in [1.29, 1.82) is 0 Å². The fourth-order valence-corrected chi connectivity index (χ4v) is 1.69. The lowest BCUT2D eigenvalue weighted by Crippen LogP contribution is -2.32. The van der Waals surface area contributed by atoms with Crippen LogP contribution in [0.15, 0.2) is 10.7 Å². The highest BCUT2D eigenvalue weighted by Gasteiger charge is 2.16. The number of aromatic nitrogens is 2. The minimum absolute atomic E-state index is 0.206. The second kappa shape index (κ2) is 6.31. The Hall–Kier alpha value is -0.680. The van der Waals surface area contributed by atoms with Gasteiger partial charge in [-0.1, -0.05) is 6.92 Å². The number of nitrogens with one attached hydrogen (secondary N) is 1.